The fourth-order valence-electron chi connectivity index (χ4n) is 0.777. The molecule has 14 heavy (non-hydrogen) atoms. The predicted molar refractivity (Wildman–Crippen MR) is 53.6 cm³/mol. The second-order valence-corrected chi connectivity index (χ2v) is 3.74. The van der Waals surface area contributed by atoms with Crippen molar-refractivity contribution < 1.29 is 13.7 Å². The summed E-state index contributed by atoms with van der Waals surface area (Å²) in [5, 5.41) is 10.2. The van der Waals surface area contributed by atoms with Crippen LogP contribution in [0.1, 0.15) is 12.1 Å². The molecule has 1 aromatic heterocycles. The molecule has 0 bridgehead atoms. The molecule has 0 N–H and O–H groups in total. The zero-order chi connectivity index (χ0) is 10.9. The first-order chi connectivity index (χ1) is 6.43. The van der Waals surface area contributed by atoms with Crippen molar-refractivity contribution in [3.63, 3.8) is 0 Å². The van der Waals surface area contributed by atoms with E-state index in [2.05, 4.69) is 4.98 Å². The molecule has 0 atom stereocenters. The Balaban J connectivity index is 3.39. The van der Waals surface area contributed by atoms with Crippen LogP contribution in [0.25, 0.3) is 0 Å². The monoisotopic (exact) mass is 334 g/mol. The van der Waals surface area contributed by atoms with Gasteiger partial charge in [-0.25, -0.2) is 13.8 Å². The van der Waals surface area contributed by atoms with Crippen LogP contribution < -0.4 is 0 Å². The summed E-state index contributed by atoms with van der Waals surface area (Å²) in [6.07, 6.45) is -3.01. The Hall–Kier alpha value is -0.570. The number of hydrogen-bond donors (Lipinski definition) is 0. The summed E-state index contributed by atoms with van der Waals surface area (Å²) in [7, 11) is 0. The lowest BCUT2D eigenvalue weighted by atomic mass is 10.3. The van der Waals surface area contributed by atoms with E-state index in [0.717, 1.165) is 6.07 Å². The quantitative estimate of drug-likeness (QED) is 0.361. The largest absolute Gasteiger partial charge is 0.297 e. The lowest BCUT2D eigenvalue weighted by Crippen LogP contribution is -2.00. The smallest absolute Gasteiger partial charge is 0.258 e. The summed E-state index contributed by atoms with van der Waals surface area (Å²) in [6, 6.07) is 0.970. The first-order valence-electron chi connectivity index (χ1n) is 3.22. The second kappa shape index (κ2) is 4.30. The van der Waals surface area contributed by atoms with Crippen molar-refractivity contribution in [1.29, 1.82) is 0 Å². The normalized spacial score (nSPS) is 10.6. The Bertz CT molecular complexity index is 388. The Morgan fingerprint density at radius 3 is 2.64 bits per heavy atom. The van der Waals surface area contributed by atoms with Crippen molar-refractivity contribution in [2.24, 2.45) is 0 Å². The van der Waals surface area contributed by atoms with Crippen LogP contribution in [-0.4, -0.2) is 9.91 Å². The molecule has 0 aliphatic heterocycles. The topological polar surface area (TPSA) is 56.0 Å². The molecule has 0 spiro atoms. The van der Waals surface area contributed by atoms with Crippen LogP contribution in [0.3, 0.4) is 0 Å². The van der Waals surface area contributed by atoms with Crippen LogP contribution in [-0.2, 0) is 0 Å². The van der Waals surface area contributed by atoms with Crippen molar-refractivity contribution in [3.8, 4) is 0 Å². The zero-order valence-corrected chi connectivity index (χ0v) is 9.29. The highest BCUT2D eigenvalue weighted by Gasteiger charge is 2.25. The maximum Gasteiger partial charge on any atom is 0.297 e. The van der Waals surface area contributed by atoms with E-state index in [9.17, 15) is 18.9 Å². The average molecular weight is 334 g/mol. The summed E-state index contributed by atoms with van der Waals surface area (Å²) in [5.41, 5.74) is -1.62. The lowest BCUT2D eigenvalue weighted by Gasteiger charge is -2.02. The number of pyridine rings is 1. The van der Waals surface area contributed by atoms with E-state index >= 15 is 0 Å². The van der Waals surface area contributed by atoms with E-state index in [-0.39, 0.29) is 8.72 Å². The van der Waals surface area contributed by atoms with Gasteiger partial charge in [-0.2, -0.15) is 0 Å². The van der Waals surface area contributed by atoms with E-state index in [0.29, 0.717) is 0 Å². The summed E-state index contributed by atoms with van der Waals surface area (Å²) < 4.78 is 24.8. The highest BCUT2D eigenvalue weighted by atomic mass is 127. The molecule has 0 aliphatic rings. The average Bonchev–Trinajstić information content (AvgIpc) is 2.08. The van der Waals surface area contributed by atoms with Crippen LogP contribution in [0.15, 0.2) is 6.07 Å². The summed E-state index contributed by atoms with van der Waals surface area (Å²) in [5.74, 6) is 0. The van der Waals surface area contributed by atoms with Gasteiger partial charge in [0.2, 0.25) is 0 Å². The first-order valence-corrected chi connectivity index (χ1v) is 4.67. The van der Waals surface area contributed by atoms with Gasteiger partial charge in [-0.1, -0.05) is 11.6 Å². The van der Waals surface area contributed by atoms with Crippen molar-refractivity contribution in [2.45, 2.75) is 6.43 Å². The summed E-state index contributed by atoms with van der Waals surface area (Å²) in [4.78, 5) is 12.7. The molecular weight excluding hydrogens is 332 g/mol. The van der Waals surface area contributed by atoms with Gasteiger partial charge in [0.15, 0.2) is 5.69 Å². The first kappa shape index (κ1) is 11.5. The number of rotatable bonds is 2. The van der Waals surface area contributed by atoms with Crippen molar-refractivity contribution in [3.05, 3.63) is 30.6 Å². The molecule has 4 nitrogen and oxygen atoms in total. The number of hydrogen-bond acceptors (Lipinski definition) is 3. The minimum atomic E-state index is -3.01. The van der Waals surface area contributed by atoms with Crippen LogP contribution >= 0.6 is 34.2 Å². The van der Waals surface area contributed by atoms with Gasteiger partial charge in [-0.3, -0.25) is 10.1 Å². The maximum absolute atomic E-state index is 12.3. The van der Waals surface area contributed by atoms with Gasteiger partial charge in [-0.15, -0.1) is 0 Å². The van der Waals surface area contributed by atoms with Gasteiger partial charge in [0.1, 0.15) is 5.15 Å². The third-order valence-corrected chi connectivity index (χ3v) is 2.77. The minimum Gasteiger partial charge on any atom is -0.258 e. The van der Waals surface area contributed by atoms with Crippen molar-refractivity contribution in [1.82, 2.24) is 4.98 Å². The molecule has 1 aromatic rings. The van der Waals surface area contributed by atoms with Gasteiger partial charge >= 0.3 is 0 Å². The number of nitrogens with zero attached hydrogens (tertiary/aromatic N) is 2. The molecule has 1 heterocycles. The van der Waals surface area contributed by atoms with Crippen molar-refractivity contribution >= 4 is 39.9 Å². The van der Waals surface area contributed by atoms with Crippen LogP contribution in [0.5, 0.6) is 0 Å². The fraction of sp³-hybridized carbons (Fsp3) is 0.167. The van der Waals surface area contributed by atoms with Crippen LogP contribution in [0, 0.1) is 13.7 Å². The third kappa shape index (κ3) is 2.27. The zero-order valence-electron chi connectivity index (χ0n) is 6.38. The molecule has 0 saturated carbocycles. The molecule has 0 aliphatic carbocycles. The number of alkyl halides is 2. The Kier molecular flexibility index (Phi) is 3.53. The van der Waals surface area contributed by atoms with E-state index < -0.39 is 22.7 Å². The number of aromatic nitrogens is 1. The predicted octanol–water partition coefficient (Wildman–Crippen LogP) is 3.19. The van der Waals surface area contributed by atoms with Gasteiger partial charge < -0.3 is 0 Å². The highest BCUT2D eigenvalue weighted by Crippen LogP contribution is 2.31. The Morgan fingerprint density at radius 1 is 1.64 bits per heavy atom. The van der Waals surface area contributed by atoms with E-state index in [1.807, 2.05) is 0 Å². The molecule has 0 aromatic carbocycles. The van der Waals surface area contributed by atoms with Crippen molar-refractivity contribution in [2.75, 3.05) is 0 Å². The molecule has 8 heteroatoms. The van der Waals surface area contributed by atoms with Gasteiger partial charge in [0, 0.05) is 6.07 Å². The molecule has 0 amide bonds. The maximum atomic E-state index is 12.3. The Labute approximate surface area is 95.6 Å². The van der Waals surface area contributed by atoms with Gasteiger partial charge in [0.05, 0.1) is 8.49 Å². The molecule has 0 unspecified atom stereocenters. The van der Waals surface area contributed by atoms with Crippen LogP contribution in [0.2, 0.25) is 5.15 Å². The molecule has 1 rings (SSSR count). The van der Waals surface area contributed by atoms with E-state index in [4.69, 9.17) is 11.6 Å². The van der Waals surface area contributed by atoms with E-state index in [1.54, 1.807) is 22.6 Å². The molecule has 76 valence electrons. The summed E-state index contributed by atoms with van der Waals surface area (Å²) in [6.45, 7) is 0. The molecular formula is C6H2ClF2IN2O2. The van der Waals surface area contributed by atoms with Gasteiger partial charge in [-0.05, 0) is 22.6 Å². The second-order valence-electron chi connectivity index (χ2n) is 2.22. The van der Waals surface area contributed by atoms with E-state index in [1.165, 1.54) is 0 Å². The lowest BCUT2D eigenvalue weighted by molar-refractivity contribution is -0.386. The van der Waals surface area contributed by atoms with Gasteiger partial charge in [0.25, 0.3) is 12.1 Å². The number of nitro groups is 1. The fourth-order valence-corrected chi connectivity index (χ4v) is 1.34. The molecule has 0 fully saturated rings. The SMILES string of the molecule is O=[N+]([O-])c1cc(I)c(Cl)nc1C(F)F. The molecule has 0 radical (unpaired) electrons. The standard InChI is InChI=1S/C6H2ClF2IN2O2/c7-5-2(10)1-3(12(13)14)4(11-5)6(8)9/h1,6H. The molecule has 0 saturated heterocycles. The summed E-state index contributed by atoms with van der Waals surface area (Å²) >= 11 is 7.14. The number of halogens is 4. The van der Waals surface area contributed by atoms with Crippen LogP contribution in [0.4, 0.5) is 14.5 Å². The third-order valence-electron chi connectivity index (χ3n) is 1.34. The minimum absolute atomic E-state index is 0.161. The Morgan fingerprint density at radius 2 is 2.21 bits per heavy atom. The highest BCUT2D eigenvalue weighted by molar-refractivity contribution is 14.1.